The van der Waals surface area contributed by atoms with Crippen molar-refractivity contribution in [2.75, 3.05) is 43.4 Å². The molecule has 4 rings (SSSR count). The maximum absolute atomic E-state index is 13.0. The third kappa shape index (κ3) is 5.25. The van der Waals surface area contributed by atoms with Crippen LogP contribution in [0.2, 0.25) is 0 Å². The first-order valence-corrected chi connectivity index (χ1v) is 13.6. The number of rotatable bonds is 6. The molecule has 2 saturated heterocycles. The van der Waals surface area contributed by atoms with Crippen LogP contribution in [0.3, 0.4) is 0 Å². The molecule has 31 heavy (non-hydrogen) atoms. The average Bonchev–Trinajstić information content (AvgIpc) is 2.79. The molecule has 3 aliphatic rings. The number of anilines is 1. The lowest BCUT2D eigenvalue weighted by Crippen LogP contribution is -2.50. The van der Waals surface area contributed by atoms with Crippen LogP contribution in [0.5, 0.6) is 0 Å². The molecule has 0 spiro atoms. The Morgan fingerprint density at radius 3 is 2.45 bits per heavy atom. The van der Waals surface area contributed by atoms with Gasteiger partial charge in [-0.2, -0.15) is 4.31 Å². The molecule has 172 valence electrons. The van der Waals surface area contributed by atoms with Crippen LogP contribution in [0.4, 0.5) is 5.69 Å². The Morgan fingerprint density at radius 2 is 1.68 bits per heavy atom. The molecule has 1 aliphatic carbocycles. The largest absolute Gasteiger partial charge is 0.368 e. The van der Waals surface area contributed by atoms with Crippen LogP contribution in [-0.2, 0) is 14.8 Å². The van der Waals surface area contributed by atoms with E-state index in [1.807, 2.05) is 11.0 Å². The Morgan fingerprint density at radius 1 is 0.968 bits per heavy atom. The predicted molar refractivity (Wildman–Crippen MR) is 125 cm³/mol. The van der Waals surface area contributed by atoms with Gasteiger partial charge in [-0.05, 0) is 56.6 Å². The molecule has 0 bridgehead atoms. The number of para-hydroxylation sites is 1. The Hall–Kier alpha value is -1.60. The fourth-order valence-corrected chi connectivity index (χ4v) is 7.56. The molecule has 0 N–H and O–H groups in total. The molecule has 6 nitrogen and oxygen atoms in total. The molecule has 0 radical (unpaired) electrons. The summed E-state index contributed by atoms with van der Waals surface area (Å²) in [6.07, 6.45) is 7.45. The van der Waals surface area contributed by atoms with Gasteiger partial charge in [0.15, 0.2) is 0 Å². The normalized spacial score (nSPS) is 25.3. The van der Waals surface area contributed by atoms with E-state index >= 15 is 0 Å². The second-order valence-corrected chi connectivity index (χ2v) is 11.5. The lowest BCUT2D eigenvalue weighted by molar-refractivity contribution is -0.131. The van der Waals surface area contributed by atoms with Crippen LogP contribution < -0.4 is 4.90 Å². The molecule has 1 saturated carbocycles. The van der Waals surface area contributed by atoms with Crippen molar-refractivity contribution in [2.24, 2.45) is 5.92 Å². The van der Waals surface area contributed by atoms with E-state index in [-0.39, 0.29) is 17.7 Å². The topological polar surface area (TPSA) is 60.9 Å². The van der Waals surface area contributed by atoms with Gasteiger partial charge >= 0.3 is 0 Å². The lowest BCUT2D eigenvalue weighted by Gasteiger charge is -2.43. The molecule has 2 unspecified atom stereocenters. The minimum atomic E-state index is -3.28. The molecule has 1 aromatic carbocycles. The van der Waals surface area contributed by atoms with E-state index in [1.54, 1.807) is 4.31 Å². The smallest absolute Gasteiger partial charge is 0.222 e. The van der Waals surface area contributed by atoms with Gasteiger partial charge in [0.05, 0.1) is 5.75 Å². The minimum Gasteiger partial charge on any atom is -0.368 e. The number of sulfonamides is 1. The van der Waals surface area contributed by atoms with Crippen molar-refractivity contribution >= 4 is 21.6 Å². The third-order valence-corrected chi connectivity index (χ3v) is 9.40. The maximum Gasteiger partial charge on any atom is 0.222 e. The van der Waals surface area contributed by atoms with Gasteiger partial charge in [0.25, 0.3) is 0 Å². The number of benzene rings is 1. The van der Waals surface area contributed by atoms with Crippen molar-refractivity contribution in [3.05, 3.63) is 29.8 Å². The van der Waals surface area contributed by atoms with E-state index in [1.165, 1.54) is 30.5 Å². The Kier molecular flexibility index (Phi) is 7.22. The SMILES string of the molecule is Cc1ccccc1N1CCN(C(=O)CCCS(=O)(=O)N2CCCC3CCCCC32)CC1. The highest BCUT2D eigenvalue weighted by Crippen LogP contribution is 2.36. The Bertz CT molecular complexity index is 863. The van der Waals surface area contributed by atoms with Gasteiger partial charge in [0, 0.05) is 50.9 Å². The number of hydrogen-bond acceptors (Lipinski definition) is 4. The van der Waals surface area contributed by atoms with E-state index in [0.29, 0.717) is 38.4 Å². The summed E-state index contributed by atoms with van der Waals surface area (Å²) >= 11 is 0. The Balaban J connectivity index is 1.24. The highest BCUT2D eigenvalue weighted by molar-refractivity contribution is 7.89. The van der Waals surface area contributed by atoms with Crippen molar-refractivity contribution in [3.8, 4) is 0 Å². The first-order chi connectivity index (χ1) is 15.0. The van der Waals surface area contributed by atoms with Crippen molar-refractivity contribution < 1.29 is 13.2 Å². The standard InChI is InChI=1S/C24H37N3O3S/c1-20-8-2-4-11-22(20)25-15-17-26(18-16-25)24(28)13-7-19-31(29,30)27-14-6-10-21-9-3-5-12-23(21)27/h2,4,8,11,21,23H,3,5-7,9-10,12-19H2,1H3. The second kappa shape index (κ2) is 9.90. The summed E-state index contributed by atoms with van der Waals surface area (Å²) in [7, 11) is -3.28. The summed E-state index contributed by atoms with van der Waals surface area (Å²) in [4.78, 5) is 16.9. The first kappa shape index (κ1) is 22.6. The summed E-state index contributed by atoms with van der Waals surface area (Å²) in [5.41, 5.74) is 2.49. The predicted octanol–water partition coefficient (Wildman–Crippen LogP) is 3.41. The molecular formula is C24H37N3O3S. The number of nitrogens with zero attached hydrogens (tertiary/aromatic N) is 3. The van der Waals surface area contributed by atoms with E-state index in [4.69, 9.17) is 0 Å². The number of fused-ring (bicyclic) bond motifs is 1. The molecule has 7 heteroatoms. The van der Waals surface area contributed by atoms with E-state index in [0.717, 1.165) is 32.4 Å². The van der Waals surface area contributed by atoms with Gasteiger partial charge in [-0.15, -0.1) is 0 Å². The van der Waals surface area contributed by atoms with Gasteiger partial charge in [-0.25, -0.2) is 8.42 Å². The summed E-state index contributed by atoms with van der Waals surface area (Å²) in [6, 6.07) is 8.56. The number of aryl methyl sites for hydroxylation is 1. The third-order valence-electron chi connectivity index (χ3n) is 7.43. The zero-order valence-corrected chi connectivity index (χ0v) is 19.7. The highest BCUT2D eigenvalue weighted by atomic mass is 32.2. The molecule has 3 fully saturated rings. The zero-order chi connectivity index (χ0) is 21.8. The van der Waals surface area contributed by atoms with Crippen LogP contribution in [0.25, 0.3) is 0 Å². The molecule has 2 heterocycles. The quantitative estimate of drug-likeness (QED) is 0.671. The van der Waals surface area contributed by atoms with Crippen molar-refractivity contribution in [1.82, 2.24) is 9.21 Å². The van der Waals surface area contributed by atoms with E-state index in [9.17, 15) is 13.2 Å². The average molecular weight is 448 g/mol. The second-order valence-electron chi connectivity index (χ2n) is 9.44. The molecule has 1 amide bonds. The molecule has 2 aliphatic heterocycles. The van der Waals surface area contributed by atoms with Gasteiger partial charge in [0.1, 0.15) is 0 Å². The fraction of sp³-hybridized carbons (Fsp3) is 0.708. The van der Waals surface area contributed by atoms with Crippen LogP contribution >= 0.6 is 0 Å². The highest BCUT2D eigenvalue weighted by Gasteiger charge is 2.39. The molecule has 0 aromatic heterocycles. The summed E-state index contributed by atoms with van der Waals surface area (Å²) in [5, 5.41) is 0. The lowest BCUT2D eigenvalue weighted by atomic mass is 9.79. The van der Waals surface area contributed by atoms with Gasteiger partial charge in [-0.1, -0.05) is 31.0 Å². The summed E-state index contributed by atoms with van der Waals surface area (Å²) in [6.45, 7) is 5.84. The number of amides is 1. The van der Waals surface area contributed by atoms with Gasteiger partial charge < -0.3 is 9.80 Å². The molecular weight excluding hydrogens is 410 g/mol. The van der Waals surface area contributed by atoms with Crippen molar-refractivity contribution in [3.63, 3.8) is 0 Å². The number of piperidine rings is 1. The van der Waals surface area contributed by atoms with Crippen LogP contribution in [0.1, 0.15) is 56.9 Å². The fourth-order valence-electron chi connectivity index (χ4n) is 5.72. The first-order valence-electron chi connectivity index (χ1n) is 12.0. The Labute approximate surface area is 187 Å². The van der Waals surface area contributed by atoms with Crippen LogP contribution in [0.15, 0.2) is 24.3 Å². The van der Waals surface area contributed by atoms with Crippen molar-refractivity contribution in [2.45, 2.75) is 64.3 Å². The molecule has 2 atom stereocenters. The zero-order valence-electron chi connectivity index (χ0n) is 18.8. The number of carbonyl (C=O) groups excluding carboxylic acids is 1. The van der Waals surface area contributed by atoms with Crippen LogP contribution in [0, 0.1) is 12.8 Å². The summed E-state index contributed by atoms with van der Waals surface area (Å²) in [5.74, 6) is 0.739. The van der Waals surface area contributed by atoms with E-state index < -0.39 is 10.0 Å². The summed E-state index contributed by atoms with van der Waals surface area (Å²) < 4.78 is 27.8. The van der Waals surface area contributed by atoms with Gasteiger partial charge in [-0.3, -0.25) is 4.79 Å². The number of carbonyl (C=O) groups is 1. The minimum absolute atomic E-state index is 0.0915. The van der Waals surface area contributed by atoms with Crippen molar-refractivity contribution in [1.29, 1.82) is 0 Å². The van der Waals surface area contributed by atoms with E-state index in [2.05, 4.69) is 30.0 Å². The van der Waals surface area contributed by atoms with Crippen LogP contribution in [-0.4, -0.2) is 68.0 Å². The number of piperazine rings is 1. The monoisotopic (exact) mass is 447 g/mol. The van der Waals surface area contributed by atoms with Gasteiger partial charge in [0.2, 0.25) is 15.9 Å². The maximum atomic E-state index is 13.0. The number of hydrogen-bond donors (Lipinski definition) is 0. The molecule has 1 aromatic rings.